The van der Waals surface area contributed by atoms with Crippen molar-refractivity contribution in [1.82, 2.24) is 15.1 Å². The van der Waals surface area contributed by atoms with Crippen LogP contribution in [0.4, 0.5) is 0 Å². The van der Waals surface area contributed by atoms with E-state index in [1.807, 2.05) is 0 Å². The summed E-state index contributed by atoms with van der Waals surface area (Å²) in [7, 11) is 1.56. The molecule has 6 heteroatoms. The molecule has 21 heavy (non-hydrogen) atoms. The van der Waals surface area contributed by atoms with Crippen LogP contribution in [-0.4, -0.2) is 35.4 Å². The van der Waals surface area contributed by atoms with Crippen LogP contribution in [-0.2, 0) is 11.3 Å². The molecule has 1 unspecified atom stereocenters. The summed E-state index contributed by atoms with van der Waals surface area (Å²) in [5.41, 5.74) is 0.323. The summed E-state index contributed by atoms with van der Waals surface area (Å²) in [4.78, 5) is 23.9. The Morgan fingerprint density at radius 2 is 2.29 bits per heavy atom. The lowest BCUT2D eigenvalue weighted by Crippen LogP contribution is -2.36. The number of hydrogen-bond donors (Lipinski definition) is 1. The first-order chi connectivity index (χ1) is 9.91. The predicted molar refractivity (Wildman–Crippen MR) is 79.3 cm³/mol. The maximum absolute atomic E-state index is 12.2. The number of methoxy groups -OCH3 is 1. The van der Waals surface area contributed by atoms with E-state index >= 15 is 0 Å². The molecule has 6 nitrogen and oxygen atoms in total. The minimum atomic E-state index is -0.231. The topological polar surface area (TPSA) is 73.2 Å². The standard InChI is InChI=1S/C15H23N3O3/c1-15(2)7-6-11(10-15)16-14(20)12-4-5-13(19)18(17-12)8-9-21-3/h4-5,11H,6-10H2,1-3H3,(H,16,20). The molecule has 0 saturated heterocycles. The summed E-state index contributed by atoms with van der Waals surface area (Å²) < 4.78 is 6.19. The Hall–Kier alpha value is -1.69. The monoisotopic (exact) mass is 293 g/mol. The lowest BCUT2D eigenvalue weighted by Gasteiger charge is -2.17. The normalized spacial score (nSPS) is 20.4. The third-order valence-electron chi connectivity index (χ3n) is 3.91. The quantitative estimate of drug-likeness (QED) is 0.885. The van der Waals surface area contributed by atoms with Crippen molar-refractivity contribution in [2.45, 2.75) is 45.7 Å². The Morgan fingerprint density at radius 1 is 1.52 bits per heavy atom. The van der Waals surface area contributed by atoms with E-state index in [2.05, 4.69) is 24.3 Å². The SMILES string of the molecule is COCCn1nc(C(=O)NC2CCC(C)(C)C2)ccc1=O. The van der Waals surface area contributed by atoms with E-state index in [0.29, 0.717) is 13.2 Å². The van der Waals surface area contributed by atoms with Crippen LogP contribution >= 0.6 is 0 Å². The van der Waals surface area contributed by atoms with Crippen molar-refractivity contribution in [3.8, 4) is 0 Å². The highest BCUT2D eigenvalue weighted by atomic mass is 16.5. The Bertz CT molecular complexity index is 566. The zero-order chi connectivity index (χ0) is 15.5. The zero-order valence-corrected chi connectivity index (χ0v) is 12.9. The molecule has 116 valence electrons. The summed E-state index contributed by atoms with van der Waals surface area (Å²) in [6.07, 6.45) is 3.07. The van der Waals surface area contributed by atoms with Gasteiger partial charge >= 0.3 is 0 Å². The molecule has 2 rings (SSSR count). The van der Waals surface area contributed by atoms with Gasteiger partial charge in [-0.2, -0.15) is 5.10 Å². The van der Waals surface area contributed by atoms with E-state index in [9.17, 15) is 9.59 Å². The average molecular weight is 293 g/mol. The van der Waals surface area contributed by atoms with E-state index in [4.69, 9.17) is 4.74 Å². The summed E-state index contributed by atoms with van der Waals surface area (Å²) >= 11 is 0. The minimum absolute atomic E-state index is 0.189. The van der Waals surface area contributed by atoms with Gasteiger partial charge < -0.3 is 10.1 Å². The fraction of sp³-hybridized carbons (Fsp3) is 0.667. The Balaban J connectivity index is 2.04. The molecule has 1 aromatic rings. The fourth-order valence-corrected chi connectivity index (χ4v) is 2.73. The fourth-order valence-electron chi connectivity index (χ4n) is 2.73. The van der Waals surface area contributed by atoms with E-state index in [0.717, 1.165) is 19.3 Å². The molecule has 0 spiro atoms. The number of nitrogens with zero attached hydrogens (tertiary/aromatic N) is 2. The molecule has 1 fully saturated rings. The van der Waals surface area contributed by atoms with Gasteiger partial charge in [0.25, 0.3) is 11.5 Å². The molecule has 1 aromatic heterocycles. The molecular formula is C15H23N3O3. The molecule has 1 amide bonds. The second-order valence-electron chi connectivity index (χ2n) is 6.35. The van der Waals surface area contributed by atoms with Crippen LogP contribution in [0.1, 0.15) is 43.6 Å². The summed E-state index contributed by atoms with van der Waals surface area (Å²) in [6, 6.07) is 3.03. The van der Waals surface area contributed by atoms with E-state index in [1.54, 1.807) is 7.11 Å². The lowest BCUT2D eigenvalue weighted by atomic mass is 9.92. The van der Waals surface area contributed by atoms with Crippen molar-refractivity contribution in [2.75, 3.05) is 13.7 Å². The predicted octanol–water partition coefficient (Wildman–Crippen LogP) is 1.20. The highest BCUT2D eigenvalue weighted by molar-refractivity contribution is 5.92. The van der Waals surface area contributed by atoms with Crippen LogP contribution in [0.2, 0.25) is 0 Å². The second-order valence-corrected chi connectivity index (χ2v) is 6.35. The smallest absolute Gasteiger partial charge is 0.271 e. The van der Waals surface area contributed by atoms with Gasteiger partial charge in [0.05, 0.1) is 13.2 Å². The van der Waals surface area contributed by atoms with E-state index < -0.39 is 0 Å². The molecule has 0 radical (unpaired) electrons. The van der Waals surface area contributed by atoms with Gasteiger partial charge in [-0.15, -0.1) is 0 Å². The number of hydrogen-bond acceptors (Lipinski definition) is 4. The number of aromatic nitrogens is 2. The molecular weight excluding hydrogens is 270 g/mol. The first-order valence-electron chi connectivity index (χ1n) is 7.29. The molecule has 1 aliphatic carbocycles. The summed E-state index contributed by atoms with van der Waals surface area (Å²) in [5, 5.41) is 7.11. The Kier molecular flexibility index (Phi) is 4.77. The molecule has 1 N–H and O–H groups in total. The van der Waals surface area contributed by atoms with Gasteiger partial charge in [0, 0.05) is 19.2 Å². The average Bonchev–Trinajstić information content (AvgIpc) is 2.77. The van der Waals surface area contributed by atoms with Crippen LogP contribution < -0.4 is 10.9 Å². The highest BCUT2D eigenvalue weighted by Gasteiger charge is 2.32. The van der Waals surface area contributed by atoms with Gasteiger partial charge in [0.2, 0.25) is 0 Å². The summed E-state index contributed by atoms with van der Waals surface area (Å²) in [6.45, 7) is 5.15. The van der Waals surface area contributed by atoms with E-state index in [1.165, 1.54) is 16.8 Å². The van der Waals surface area contributed by atoms with Gasteiger partial charge in [-0.3, -0.25) is 9.59 Å². The van der Waals surface area contributed by atoms with Gasteiger partial charge in [-0.1, -0.05) is 13.8 Å². The number of carbonyl (C=O) groups excluding carboxylic acids is 1. The molecule has 0 aromatic carbocycles. The minimum Gasteiger partial charge on any atom is -0.383 e. The van der Waals surface area contributed by atoms with Crippen molar-refractivity contribution >= 4 is 5.91 Å². The highest BCUT2D eigenvalue weighted by Crippen LogP contribution is 2.36. The van der Waals surface area contributed by atoms with Gasteiger partial charge in [0.15, 0.2) is 0 Å². The molecule has 0 aliphatic heterocycles. The van der Waals surface area contributed by atoms with Crippen LogP contribution in [0.15, 0.2) is 16.9 Å². The Morgan fingerprint density at radius 3 is 2.90 bits per heavy atom. The van der Waals surface area contributed by atoms with Gasteiger partial charge in [0.1, 0.15) is 5.69 Å². The summed E-state index contributed by atoms with van der Waals surface area (Å²) in [5.74, 6) is -0.219. The third-order valence-corrected chi connectivity index (χ3v) is 3.91. The maximum atomic E-state index is 12.2. The molecule has 1 saturated carbocycles. The van der Waals surface area contributed by atoms with Crippen molar-refractivity contribution in [3.63, 3.8) is 0 Å². The lowest BCUT2D eigenvalue weighted by molar-refractivity contribution is 0.0927. The number of carbonyl (C=O) groups is 1. The first kappa shape index (κ1) is 15.7. The zero-order valence-electron chi connectivity index (χ0n) is 12.9. The maximum Gasteiger partial charge on any atom is 0.271 e. The van der Waals surface area contributed by atoms with Gasteiger partial charge in [-0.05, 0) is 30.7 Å². The number of ether oxygens (including phenoxy) is 1. The van der Waals surface area contributed by atoms with Gasteiger partial charge in [-0.25, -0.2) is 4.68 Å². The van der Waals surface area contributed by atoms with Crippen molar-refractivity contribution in [3.05, 3.63) is 28.2 Å². The number of amides is 1. The van der Waals surface area contributed by atoms with Crippen molar-refractivity contribution in [1.29, 1.82) is 0 Å². The molecule has 1 atom stereocenters. The van der Waals surface area contributed by atoms with Crippen molar-refractivity contribution in [2.24, 2.45) is 5.41 Å². The number of rotatable bonds is 5. The van der Waals surface area contributed by atoms with E-state index in [-0.39, 0.29) is 28.6 Å². The molecule has 1 aliphatic rings. The van der Waals surface area contributed by atoms with Crippen molar-refractivity contribution < 1.29 is 9.53 Å². The Labute approximate surface area is 124 Å². The van der Waals surface area contributed by atoms with Crippen LogP contribution in [0, 0.1) is 5.41 Å². The number of nitrogens with one attached hydrogen (secondary N) is 1. The first-order valence-corrected chi connectivity index (χ1v) is 7.29. The largest absolute Gasteiger partial charge is 0.383 e. The second kappa shape index (κ2) is 6.39. The van der Waals surface area contributed by atoms with Crippen LogP contribution in [0.3, 0.4) is 0 Å². The van der Waals surface area contributed by atoms with Crippen LogP contribution in [0.25, 0.3) is 0 Å². The van der Waals surface area contributed by atoms with Crippen LogP contribution in [0.5, 0.6) is 0 Å². The third kappa shape index (κ3) is 4.14. The molecule has 1 heterocycles. The molecule has 0 bridgehead atoms.